The Kier molecular flexibility index (Phi) is 3.89. The molecule has 1 N–H and O–H groups in total. The number of fused-ring (bicyclic) bond motifs is 3. The number of pyridine rings is 1. The van der Waals surface area contributed by atoms with Gasteiger partial charge in [0.25, 0.3) is 0 Å². The summed E-state index contributed by atoms with van der Waals surface area (Å²) in [6, 6.07) is 16.2. The highest BCUT2D eigenvalue weighted by Crippen LogP contribution is 2.34. The Bertz CT molecular complexity index is 1180. The van der Waals surface area contributed by atoms with Crippen LogP contribution in [-0.2, 0) is 9.84 Å². The third-order valence-corrected chi connectivity index (χ3v) is 7.27. The summed E-state index contributed by atoms with van der Waals surface area (Å²) in [7, 11) is -3.44. The van der Waals surface area contributed by atoms with Crippen molar-refractivity contribution in [3.05, 3.63) is 70.8 Å². The minimum absolute atomic E-state index is 0.337. The van der Waals surface area contributed by atoms with Gasteiger partial charge < -0.3 is 4.98 Å². The fraction of sp³-hybridized carbons (Fsp3) is 0.105. The van der Waals surface area contributed by atoms with Gasteiger partial charge in [-0.2, -0.15) is 0 Å². The monoisotopic (exact) mass is 414 g/mol. The zero-order chi connectivity index (χ0) is 17.6. The second-order valence-corrected chi connectivity index (χ2v) is 9.07. The molecule has 0 radical (unpaired) electrons. The third kappa shape index (κ3) is 2.65. The Hall–Kier alpha value is -2.18. The SMILES string of the molecule is CC(c1ccc2[nH]c3nccc(Br)c3c2c1)S(=O)(=O)c1ccccc1. The number of nitrogens with zero attached hydrogens (tertiary/aromatic N) is 1. The van der Waals surface area contributed by atoms with E-state index in [1.54, 1.807) is 37.4 Å². The summed E-state index contributed by atoms with van der Waals surface area (Å²) in [6.45, 7) is 1.73. The summed E-state index contributed by atoms with van der Waals surface area (Å²) in [5.41, 5.74) is 2.47. The van der Waals surface area contributed by atoms with Gasteiger partial charge in [-0.25, -0.2) is 13.4 Å². The standard InChI is InChI=1S/C19H15BrN2O2S/c1-12(25(23,24)14-5-3-2-4-6-14)13-7-8-17-15(11-13)18-16(20)9-10-21-19(18)22-17/h2-12H,1H3,(H,21,22). The van der Waals surface area contributed by atoms with E-state index in [9.17, 15) is 8.42 Å². The molecule has 4 aromatic rings. The predicted octanol–water partition coefficient (Wildman–Crippen LogP) is 5.01. The number of nitrogens with one attached hydrogen (secondary N) is 1. The Morgan fingerprint density at radius 2 is 1.84 bits per heavy atom. The van der Waals surface area contributed by atoms with Crippen LogP contribution >= 0.6 is 15.9 Å². The minimum Gasteiger partial charge on any atom is -0.339 e. The lowest BCUT2D eigenvalue weighted by Gasteiger charge is -2.13. The first-order valence-electron chi connectivity index (χ1n) is 7.83. The Morgan fingerprint density at radius 1 is 1.08 bits per heavy atom. The molecule has 0 bridgehead atoms. The van der Waals surface area contributed by atoms with Gasteiger partial charge in [-0.15, -0.1) is 0 Å². The fourth-order valence-electron chi connectivity index (χ4n) is 3.04. The lowest BCUT2D eigenvalue weighted by molar-refractivity contribution is 0.586. The molecule has 1 atom stereocenters. The number of hydrogen-bond acceptors (Lipinski definition) is 3. The molecule has 0 fully saturated rings. The van der Waals surface area contributed by atoms with Crippen LogP contribution in [0, 0.1) is 0 Å². The Balaban J connectivity index is 1.88. The second-order valence-electron chi connectivity index (χ2n) is 5.95. The van der Waals surface area contributed by atoms with E-state index >= 15 is 0 Å². The van der Waals surface area contributed by atoms with Crippen LogP contribution in [-0.4, -0.2) is 18.4 Å². The maximum atomic E-state index is 12.9. The average molecular weight is 415 g/mol. The molecule has 1 unspecified atom stereocenters. The quantitative estimate of drug-likeness (QED) is 0.512. The Labute approximate surface area is 154 Å². The van der Waals surface area contributed by atoms with Crippen molar-refractivity contribution in [3.8, 4) is 0 Å². The number of rotatable bonds is 3. The lowest BCUT2D eigenvalue weighted by Crippen LogP contribution is -2.10. The number of benzene rings is 2. The van der Waals surface area contributed by atoms with Crippen molar-refractivity contribution < 1.29 is 8.42 Å². The first-order chi connectivity index (χ1) is 12.0. The normalized spacial score (nSPS) is 13.4. The fourth-order valence-corrected chi connectivity index (χ4v) is 5.01. The van der Waals surface area contributed by atoms with Crippen molar-refractivity contribution in [2.45, 2.75) is 17.1 Å². The maximum Gasteiger partial charge on any atom is 0.185 e. The summed E-state index contributed by atoms with van der Waals surface area (Å²) < 4.78 is 26.7. The van der Waals surface area contributed by atoms with Crippen LogP contribution < -0.4 is 0 Å². The van der Waals surface area contributed by atoms with Gasteiger partial charge in [-0.3, -0.25) is 0 Å². The molecule has 6 heteroatoms. The van der Waals surface area contributed by atoms with E-state index in [0.29, 0.717) is 4.90 Å². The van der Waals surface area contributed by atoms with Crippen LogP contribution in [0.25, 0.3) is 21.9 Å². The van der Waals surface area contributed by atoms with Gasteiger partial charge in [0.05, 0.1) is 10.1 Å². The smallest absolute Gasteiger partial charge is 0.185 e. The summed E-state index contributed by atoms with van der Waals surface area (Å²) in [5.74, 6) is 0. The number of halogens is 1. The predicted molar refractivity (Wildman–Crippen MR) is 103 cm³/mol. The van der Waals surface area contributed by atoms with E-state index in [4.69, 9.17) is 0 Å². The molecule has 0 aliphatic heterocycles. The number of hydrogen-bond donors (Lipinski definition) is 1. The molecule has 25 heavy (non-hydrogen) atoms. The van der Waals surface area contributed by atoms with Crippen molar-refractivity contribution >= 4 is 47.7 Å². The molecule has 4 nitrogen and oxygen atoms in total. The van der Waals surface area contributed by atoms with Crippen LogP contribution in [0.1, 0.15) is 17.7 Å². The van der Waals surface area contributed by atoms with Gasteiger partial charge in [0.1, 0.15) is 5.65 Å². The van der Waals surface area contributed by atoms with Crippen LogP contribution in [0.15, 0.2) is 70.2 Å². The lowest BCUT2D eigenvalue weighted by atomic mass is 10.1. The second kappa shape index (κ2) is 5.97. The first kappa shape index (κ1) is 16.3. The average Bonchev–Trinajstić information content (AvgIpc) is 3.00. The van der Waals surface area contributed by atoms with Crippen LogP contribution in [0.5, 0.6) is 0 Å². The van der Waals surface area contributed by atoms with E-state index in [1.165, 1.54) is 0 Å². The molecule has 0 aliphatic carbocycles. The van der Waals surface area contributed by atoms with Crippen LogP contribution in [0.4, 0.5) is 0 Å². The minimum atomic E-state index is -3.44. The van der Waals surface area contributed by atoms with Crippen LogP contribution in [0.3, 0.4) is 0 Å². The van der Waals surface area contributed by atoms with Gasteiger partial charge in [-0.1, -0.05) is 24.3 Å². The van der Waals surface area contributed by atoms with Gasteiger partial charge in [0, 0.05) is 27.0 Å². The van der Waals surface area contributed by atoms with Crippen molar-refractivity contribution in [1.29, 1.82) is 0 Å². The van der Waals surface area contributed by atoms with E-state index in [2.05, 4.69) is 25.9 Å². The number of H-pyrrole nitrogens is 1. The van der Waals surface area contributed by atoms with Crippen molar-refractivity contribution in [2.75, 3.05) is 0 Å². The van der Waals surface area contributed by atoms with E-state index < -0.39 is 15.1 Å². The third-order valence-electron chi connectivity index (χ3n) is 4.47. The molecule has 4 rings (SSSR count). The highest BCUT2D eigenvalue weighted by molar-refractivity contribution is 9.10. The number of sulfone groups is 1. The molecule has 2 aromatic heterocycles. The summed E-state index contributed by atoms with van der Waals surface area (Å²) in [5, 5.41) is 1.28. The molecule has 126 valence electrons. The van der Waals surface area contributed by atoms with E-state index in [0.717, 1.165) is 32.0 Å². The van der Waals surface area contributed by atoms with Crippen molar-refractivity contribution in [2.24, 2.45) is 0 Å². The van der Waals surface area contributed by atoms with Crippen LogP contribution in [0.2, 0.25) is 0 Å². The van der Waals surface area contributed by atoms with E-state index in [-0.39, 0.29) is 0 Å². The van der Waals surface area contributed by atoms with E-state index in [1.807, 2.05) is 30.3 Å². The van der Waals surface area contributed by atoms with Crippen molar-refractivity contribution in [3.63, 3.8) is 0 Å². The Morgan fingerprint density at radius 3 is 2.60 bits per heavy atom. The molecule has 2 aromatic carbocycles. The topological polar surface area (TPSA) is 62.8 Å². The van der Waals surface area contributed by atoms with Gasteiger partial charge in [0.2, 0.25) is 0 Å². The highest BCUT2D eigenvalue weighted by atomic mass is 79.9. The zero-order valence-corrected chi connectivity index (χ0v) is 15.8. The largest absolute Gasteiger partial charge is 0.339 e. The highest BCUT2D eigenvalue weighted by Gasteiger charge is 2.25. The maximum absolute atomic E-state index is 12.9. The van der Waals surface area contributed by atoms with Gasteiger partial charge in [0.15, 0.2) is 9.84 Å². The summed E-state index contributed by atoms with van der Waals surface area (Å²) in [4.78, 5) is 7.95. The zero-order valence-electron chi connectivity index (χ0n) is 13.4. The first-order valence-corrected chi connectivity index (χ1v) is 10.2. The molecule has 0 aliphatic rings. The molecule has 0 amide bonds. The molecule has 0 spiro atoms. The summed E-state index contributed by atoms with van der Waals surface area (Å²) >= 11 is 3.56. The number of aromatic amines is 1. The molecule has 0 saturated carbocycles. The summed E-state index contributed by atoms with van der Waals surface area (Å²) in [6.07, 6.45) is 1.73. The van der Waals surface area contributed by atoms with Crippen molar-refractivity contribution in [1.82, 2.24) is 9.97 Å². The van der Waals surface area contributed by atoms with Gasteiger partial charge >= 0.3 is 0 Å². The molecular formula is C19H15BrN2O2S. The molecule has 2 heterocycles. The molecular weight excluding hydrogens is 400 g/mol. The molecule has 0 saturated heterocycles. The van der Waals surface area contributed by atoms with Gasteiger partial charge in [-0.05, 0) is 58.7 Å². The number of aromatic nitrogens is 2.